The van der Waals surface area contributed by atoms with E-state index in [0.717, 1.165) is 16.5 Å². The Kier molecular flexibility index (Phi) is 3.78. The van der Waals surface area contributed by atoms with Crippen molar-refractivity contribution in [3.63, 3.8) is 0 Å². The average Bonchev–Trinajstić information content (AvgIpc) is 2.54. The van der Waals surface area contributed by atoms with Crippen molar-refractivity contribution in [2.75, 3.05) is 0 Å². The van der Waals surface area contributed by atoms with Gasteiger partial charge in [0.2, 0.25) is 5.88 Å². The Labute approximate surface area is 122 Å². The van der Waals surface area contributed by atoms with Crippen LogP contribution in [0.3, 0.4) is 0 Å². The quantitative estimate of drug-likeness (QED) is 0.797. The highest BCUT2D eigenvalue weighted by atomic mass is 16.6. The number of hydrogen-bond donors (Lipinski definition) is 1. The molecule has 0 aliphatic carbocycles. The second kappa shape index (κ2) is 6.05. The molecule has 3 aromatic rings. The zero-order chi connectivity index (χ0) is 14.5. The molecule has 0 bridgehead atoms. The highest BCUT2D eigenvalue weighted by molar-refractivity contribution is 5.79. The van der Waals surface area contributed by atoms with Crippen LogP contribution in [-0.4, -0.2) is 11.1 Å². The van der Waals surface area contributed by atoms with Crippen LogP contribution >= 0.6 is 0 Å². The van der Waals surface area contributed by atoms with Crippen LogP contribution in [-0.2, 0) is 6.54 Å². The number of carbonyl (C=O) groups is 1. The monoisotopic (exact) mass is 278 g/mol. The van der Waals surface area contributed by atoms with E-state index in [0.29, 0.717) is 12.4 Å². The Balaban J connectivity index is 1.63. The molecule has 21 heavy (non-hydrogen) atoms. The lowest BCUT2D eigenvalue weighted by Gasteiger charge is -2.06. The second-order valence-corrected chi connectivity index (χ2v) is 4.57. The lowest BCUT2D eigenvalue weighted by molar-refractivity contribution is 0.198. The first-order valence-corrected chi connectivity index (χ1v) is 6.67. The Hall–Kier alpha value is -2.88. The van der Waals surface area contributed by atoms with Gasteiger partial charge in [0.25, 0.3) is 0 Å². The minimum absolute atomic E-state index is 0.291. The fourth-order valence-corrected chi connectivity index (χ4v) is 2.01. The molecule has 2 aromatic carbocycles. The van der Waals surface area contributed by atoms with Crippen LogP contribution < -0.4 is 10.1 Å². The van der Waals surface area contributed by atoms with Gasteiger partial charge in [-0.15, -0.1) is 0 Å². The lowest BCUT2D eigenvalue weighted by Crippen LogP contribution is -2.26. The Morgan fingerprint density at radius 2 is 1.71 bits per heavy atom. The van der Waals surface area contributed by atoms with Gasteiger partial charge in [-0.25, -0.2) is 9.78 Å². The topological polar surface area (TPSA) is 51.2 Å². The zero-order valence-electron chi connectivity index (χ0n) is 11.3. The minimum Gasteiger partial charge on any atom is -0.391 e. The van der Waals surface area contributed by atoms with Gasteiger partial charge in [0, 0.05) is 18.0 Å². The maximum absolute atomic E-state index is 11.7. The molecule has 1 heterocycles. The number of aromatic nitrogens is 1. The molecule has 0 unspecified atom stereocenters. The van der Waals surface area contributed by atoms with Gasteiger partial charge >= 0.3 is 6.09 Å². The van der Waals surface area contributed by atoms with E-state index in [2.05, 4.69) is 10.3 Å². The number of ether oxygens (including phenoxy) is 1. The minimum atomic E-state index is -0.512. The van der Waals surface area contributed by atoms with E-state index in [1.165, 1.54) is 0 Å². The third-order valence-corrected chi connectivity index (χ3v) is 3.05. The van der Waals surface area contributed by atoms with Crippen LogP contribution in [0.25, 0.3) is 10.9 Å². The summed E-state index contributed by atoms with van der Waals surface area (Å²) in [5, 5.41) is 3.70. The van der Waals surface area contributed by atoms with Crippen molar-refractivity contribution >= 4 is 17.0 Å². The standard InChI is InChI=1S/C17H14N2O2/c20-17(18-12-13-6-2-1-3-7-13)21-16-11-10-14-8-4-5-9-15(14)19-16/h1-11H,12H2,(H,18,20). The molecule has 0 fully saturated rings. The number of amides is 1. The summed E-state index contributed by atoms with van der Waals surface area (Å²) in [5.74, 6) is 0.291. The van der Waals surface area contributed by atoms with Crippen LogP contribution in [0.4, 0.5) is 4.79 Å². The van der Waals surface area contributed by atoms with E-state index in [1.54, 1.807) is 6.07 Å². The van der Waals surface area contributed by atoms with Crippen molar-refractivity contribution in [1.29, 1.82) is 0 Å². The maximum Gasteiger partial charge on any atom is 0.414 e. The predicted molar refractivity (Wildman–Crippen MR) is 81.0 cm³/mol. The van der Waals surface area contributed by atoms with Crippen LogP contribution in [0, 0.1) is 0 Å². The van der Waals surface area contributed by atoms with E-state index >= 15 is 0 Å². The molecule has 0 aliphatic rings. The normalized spacial score (nSPS) is 10.3. The number of nitrogens with zero attached hydrogens (tertiary/aromatic N) is 1. The Morgan fingerprint density at radius 3 is 2.57 bits per heavy atom. The van der Waals surface area contributed by atoms with Crippen molar-refractivity contribution in [3.8, 4) is 5.88 Å². The van der Waals surface area contributed by atoms with E-state index in [1.807, 2.05) is 60.7 Å². The molecule has 1 aromatic heterocycles. The summed E-state index contributed by atoms with van der Waals surface area (Å²) in [4.78, 5) is 16.0. The Bertz CT molecular complexity index is 757. The third-order valence-electron chi connectivity index (χ3n) is 3.05. The number of benzene rings is 2. The van der Waals surface area contributed by atoms with Crippen LogP contribution in [0.2, 0.25) is 0 Å². The van der Waals surface area contributed by atoms with Crippen molar-refractivity contribution in [3.05, 3.63) is 72.3 Å². The SMILES string of the molecule is O=C(NCc1ccccc1)Oc1ccc2ccccc2n1. The third kappa shape index (κ3) is 3.36. The van der Waals surface area contributed by atoms with Gasteiger partial charge in [0.15, 0.2) is 0 Å². The van der Waals surface area contributed by atoms with Gasteiger partial charge in [-0.1, -0.05) is 48.5 Å². The number of hydrogen-bond acceptors (Lipinski definition) is 3. The first-order chi connectivity index (χ1) is 10.3. The molecule has 0 atom stereocenters. The molecule has 1 amide bonds. The number of pyridine rings is 1. The van der Waals surface area contributed by atoms with Gasteiger partial charge in [-0.05, 0) is 17.7 Å². The molecule has 0 saturated heterocycles. The fourth-order valence-electron chi connectivity index (χ4n) is 2.01. The molecule has 3 rings (SSSR count). The summed E-state index contributed by atoms with van der Waals surface area (Å²) < 4.78 is 5.18. The van der Waals surface area contributed by atoms with E-state index < -0.39 is 6.09 Å². The molecule has 0 radical (unpaired) electrons. The molecule has 104 valence electrons. The van der Waals surface area contributed by atoms with E-state index in [9.17, 15) is 4.79 Å². The fraction of sp³-hybridized carbons (Fsp3) is 0.0588. The highest BCUT2D eigenvalue weighted by Crippen LogP contribution is 2.16. The molecular weight excluding hydrogens is 264 g/mol. The summed E-state index contributed by atoms with van der Waals surface area (Å²) in [6.45, 7) is 0.424. The van der Waals surface area contributed by atoms with Gasteiger partial charge in [-0.2, -0.15) is 0 Å². The summed E-state index contributed by atoms with van der Waals surface area (Å²) >= 11 is 0. The van der Waals surface area contributed by atoms with E-state index in [4.69, 9.17) is 4.74 Å². The van der Waals surface area contributed by atoms with Gasteiger partial charge in [-0.3, -0.25) is 0 Å². The second-order valence-electron chi connectivity index (χ2n) is 4.57. The largest absolute Gasteiger partial charge is 0.414 e. The zero-order valence-corrected chi connectivity index (χ0v) is 11.3. The van der Waals surface area contributed by atoms with Crippen LogP contribution in [0.1, 0.15) is 5.56 Å². The smallest absolute Gasteiger partial charge is 0.391 e. The van der Waals surface area contributed by atoms with Gasteiger partial charge < -0.3 is 10.1 Å². The lowest BCUT2D eigenvalue weighted by atomic mass is 10.2. The van der Waals surface area contributed by atoms with Crippen LogP contribution in [0.15, 0.2) is 66.7 Å². The molecule has 4 nitrogen and oxygen atoms in total. The summed E-state index contributed by atoms with van der Waals surface area (Å²) in [5.41, 5.74) is 1.81. The molecule has 1 N–H and O–H groups in total. The number of rotatable bonds is 3. The van der Waals surface area contributed by atoms with Crippen molar-refractivity contribution in [2.24, 2.45) is 0 Å². The molecule has 4 heteroatoms. The summed E-state index contributed by atoms with van der Waals surface area (Å²) in [6, 6.07) is 20.9. The first kappa shape index (κ1) is 13.1. The highest BCUT2D eigenvalue weighted by Gasteiger charge is 2.06. The van der Waals surface area contributed by atoms with Crippen LogP contribution in [0.5, 0.6) is 5.88 Å². The number of nitrogens with one attached hydrogen (secondary N) is 1. The van der Waals surface area contributed by atoms with Gasteiger partial charge in [0.05, 0.1) is 5.52 Å². The summed E-state index contributed by atoms with van der Waals surface area (Å²) in [6.07, 6.45) is -0.512. The van der Waals surface area contributed by atoms with Crippen molar-refractivity contribution < 1.29 is 9.53 Å². The Morgan fingerprint density at radius 1 is 0.952 bits per heavy atom. The van der Waals surface area contributed by atoms with Crippen molar-refractivity contribution in [1.82, 2.24) is 10.3 Å². The number of fused-ring (bicyclic) bond motifs is 1. The molecule has 0 spiro atoms. The predicted octanol–water partition coefficient (Wildman–Crippen LogP) is 3.52. The van der Waals surface area contributed by atoms with Gasteiger partial charge in [0.1, 0.15) is 0 Å². The molecule has 0 saturated carbocycles. The number of para-hydroxylation sites is 1. The van der Waals surface area contributed by atoms with Crippen molar-refractivity contribution in [2.45, 2.75) is 6.54 Å². The average molecular weight is 278 g/mol. The maximum atomic E-state index is 11.7. The van der Waals surface area contributed by atoms with E-state index in [-0.39, 0.29) is 0 Å². The molecule has 0 aliphatic heterocycles. The first-order valence-electron chi connectivity index (χ1n) is 6.67. The summed E-state index contributed by atoms with van der Waals surface area (Å²) in [7, 11) is 0. The number of carbonyl (C=O) groups excluding carboxylic acids is 1. The molecular formula is C17H14N2O2.